The third-order valence-corrected chi connectivity index (χ3v) is 4.24. The van der Waals surface area contributed by atoms with E-state index in [0.29, 0.717) is 17.3 Å². The summed E-state index contributed by atoms with van der Waals surface area (Å²) in [5.74, 6) is -2.97. The first kappa shape index (κ1) is 23.8. The third-order valence-electron chi connectivity index (χ3n) is 3.95. The molecular formula is C19H17ClF2N2O7. The maximum Gasteiger partial charge on any atom is 0.387 e. The Morgan fingerprint density at radius 3 is 2.42 bits per heavy atom. The number of aryl methyl sites for hydroxylation is 2. The van der Waals surface area contributed by atoms with Crippen molar-refractivity contribution >= 4 is 34.9 Å². The van der Waals surface area contributed by atoms with Crippen molar-refractivity contribution in [3.8, 4) is 11.5 Å². The maximum atomic E-state index is 12.5. The second kappa shape index (κ2) is 10.0. The zero-order chi connectivity index (χ0) is 23.3. The van der Waals surface area contributed by atoms with Gasteiger partial charge in [0, 0.05) is 6.07 Å². The van der Waals surface area contributed by atoms with Crippen molar-refractivity contribution in [1.29, 1.82) is 0 Å². The first-order chi connectivity index (χ1) is 14.5. The molecule has 1 amide bonds. The zero-order valence-electron chi connectivity index (χ0n) is 16.5. The van der Waals surface area contributed by atoms with E-state index in [0.717, 1.165) is 18.7 Å². The summed E-state index contributed by atoms with van der Waals surface area (Å²) in [7, 11) is 1.09. The molecule has 0 heterocycles. The van der Waals surface area contributed by atoms with Gasteiger partial charge in [-0.2, -0.15) is 8.78 Å². The topological polar surface area (TPSA) is 117 Å². The number of methoxy groups -OCH3 is 1. The van der Waals surface area contributed by atoms with Gasteiger partial charge in [-0.1, -0.05) is 17.7 Å². The van der Waals surface area contributed by atoms with E-state index in [9.17, 15) is 28.5 Å². The number of nitro groups is 1. The van der Waals surface area contributed by atoms with E-state index in [1.54, 1.807) is 19.1 Å². The first-order valence-corrected chi connectivity index (χ1v) is 8.96. The van der Waals surface area contributed by atoms with Gasteiger partial charge in [0.15, 0.2) is 18.1 Å². The quantitative estimate of drug-likeness (QED) is 0.356. The van der Waals surface area contributed by atoms with E-state index in [2.05, 4.69) is 10.1 Å². The van der Waals surface area contributed by atoms with Gasteiger partial charge in [-0.3, -0.25) is 14.9 Å². The molecule has 0 radical (unpaired) electrons. The molecule has 0 spiro atoms. The van der Waals surface area contributed by atoms with Crippen LogP contribution in [-0.4, -0.2) is 37.1 Å². The number of amides is 1. The molecule has 166 valence electrons. The molecule has 0 saturated heterocycles. The second-order valence-corrected chi connectivity index (χ2v) is 6.63. The van der Waals surface area contributed by atoms with Crippen LogP contribution in [0.3, 0.4) is 0 Å². The molecule has 9 nitrogen and oxygen atoms in total. The Kier molecular flexibility index (Phi) is 7.70. The highest BCUT2D eigenvalue weighted by atomic mass is 35.5. The van der Waals surface area contributed by atoms with Crippen LogP contribution in [0.2, 0.25) is 5.02 Å². The lowest BCUT2D eigenvalue weighted by Crippen LogP contribution is -2.22. The van der Waals surface area contributed by atoms with Crippen LogP contribution in [0.15, 0.2) is 24.3 Å². The lowest BCUT2D eigenvalue weighted by molar-refractivity contribution is -0.385. The molecule has 2 aromatic rings. The predicted octanol–water partition coefficient (Wildman–Crippen LogP) is 4.27. The van der Waals surface area contributed by atoms with Gasteiger partial charge in [0.25, 0.3) is 11.6 Å². The van der Waals surface area contributed by atoms with Crippen LogP contribution in [0, 0.1) is 24.0 Å². The number of carbonyl (C=O) groups is 2. The second-order valence-electron chi connectivity index (χ2n) is 6.22. The van der Waals surface area contributed by atoms with Crippen molar-refractivity contribution < 1.29 is 37.5 Å². The lowest BCUT2D eigenvalue weighted by Gasteiger charge is -2.13. The highest BCUT2D eigenvalue weighted by molar-refractivity contribution is 6.34. The van der Waals surface area contributed by atoms with E-state index < -0.39 is 47.0 Å². The Hall–Kier alpha value is -3.47. The molecule has 0 bridgehead atoms. The minimum absolute atomic E-state index is 0.284. The molecule has 12 heteroatoms. The van der Waals surface area contributed by atoms with Gasteiger partial charge in [-0.05, 0) is 31.0 Å². The fourth-order valence-electron chi connectivity index (χ4n) is 2.67. The average Bonchev–Trinajstić information content (AvgIpc) is 2.68. The van der Waals surface area contributed by atoms with Gasteiger partial charge < -0.3 is 19.5 Å². The number of hydrogen-bond acceptors (Lipinski definition) is 7. The standard InChI is InChI=1S/C19H17ClF2N2O7/c1-9-4-10(2)17(12(20)5-9)23-16(25)8-30-18(26)11-6-14(29-3)15(31-19(21)22)7-13(11)24(27)28/h4-7,19H,8H2,1-3H3,(H,23,25). The van der Waals surface area contributed by atoms with E-state index in [1.807, 2.05) is 6.92 Å². The number of rotatable bonds is 8. The summed E-state index contributed by atoms with van der Waals surface area (Å²) in [5.41, 5.74) is 0.418. The lowest BCUT2D eigenvalue weighted by atomic mass is 10.1. The van der Waals surface area contributed by atoms with Crippen LogP contribution in [0.1, 0.15) is 21.5 Å². The Morgan fingerprint density at radius 1 is 1.19 bits per heavy atom. The number of hydrogen-bond donors (Lipinski definition) is 1. The van der Waals surface area contributed by atoms with E-state index >= 15 is 0 Å². The first-order valence-electron chi connectivity index (χ1n) is 8.58. The summed E-state index contributed by atoms with van der Waals surface area (Å²) in [6.07, 6.45) is 0. The molecule has 0 aromatic heterocycles. The van der Waals surface area contributed by atoms with Gasteiger partial charge in [0.1, 0.15) is 5.56 Å². The molecule has 2 rings (SSSR count). The van der Waals surface area contributed by atoms with Crippen LogP contribution in [0.25, 0.3) is 0 Å². The molecule has 0 aliphatic rings. The molecule has 0 saturated carbocycles. The third kappa shape index (κ3) is 6.01. The van der Waals surface area contributed by atoms with Crippen molar-refractivity contribution in [2.45, 2.75) is 20.5 Å². The monoisotopic (exact) mass is 458 g/mol. The molecule has 0 atom stereocenters. The predicted molar refractivity (Wildman–Crippen MR) is 106 cm³/mol. The van der Waals surface area contributed by atoms with Gasteiger partial charge in [-0.15, -0.1) is 0 Å². The average molecular weight is 459 g/mol. The van der Waals surface area contributed by atoms with Crippen molar-refractivity contribution in [3.05, 3.63) is 56.1 Å². The number of anilines is 1. The molecule has 2 aromatic carbocycles. The maximum absolute atomic E-state index is 12.5. The fourth-order valence-corrected chi connectivity index (χ4v) is 3.04. The summed E-state index contributed by atoms with van der Waals surface area (Å²) < 4.78 is 38.8. The number of ether oxygens (including phenoxy) is 3. The minimum Gasteiger partial charge on any atom is -0.493 e. The number of nitro benzene ring substituents is 1. The number of halogens is 3. The Balaban J connectivity index is 2.19. The SMILES string of the molecule is COc1cc(C(=O)OCC(=O)Nc2c(C)cc(C)cc2Cl)c([N+](=O)[O-])cc1OC(F)F. The molecule has 1 N–H and O–H groups in total. The number of nitrogens with one attached hydrogen (secondary N) is 1. The summed E-state index contributed by atoms with van der Waals surface area (Å²) in [5, 5.41) is 14.0. The smallest absolute Gasteiger partial charge is 0.387 e. The summed E-state index contributed by atoms with van der Waals surface area (Å²) in [6.45, 7) is -0.506. The van der Waals surface area contributed by atoms with Crippen LogP contribution >= 0.6 is 11.6 Å². The number of alkyl halides is 2. The fraction of sp³-hybridized carbons (Fsp3) is 0.263. The van der Waals surface area contributed by atoms with Gasteiger partial charge in [-0.25, -0.2) is 4.79 Å². The van der Waals surface area contributed by atoms with Crippen LogP contribution < -0.4 is 14.8 Å². The van der Waals surface area contributed by atoms with Crippen molar-refractivity contribution in [2.24, 2.45) is 0 Å². The molecule has 0 aliphatic carbocycles. The highest BCUT2D eigenvalue weighted by Gasteiger charge is 2.27. The zero-order valence-corrected chi connectivity index (χ0v) is 17.3. The van der Waals surface area contributed by atoms with Crippen LogP contribution in [-0.2, 0) is 9.53 Å². The highest BCUT2D eigenvalue weighted by Crippen LogP contribution is 2.36. The van der Waals surface area contributed by atoms with Gasteiger partial charge in [0.05, 0.1) is 28.8 Å². The van der Waals surface area contributed by atoms with Crippen molar-refractivity contribution in [1.82, 2.24) is 0 Å². The summed E-state index contributed by atoms with van der Waals surface area (Å²) in [4.78, 5) is 34.8. The van der Waals surface area contributed by atoms with E-state index in [1.165, 1.54) is 0 Å². The van der Waals surface area contributed by atoms with Crippen LogP contribution in [0.4, 0.5) is 20.2 Å². The summed E-state index contributed by atoms with van der Waals surface area (Å²) in [6, 6.07) is 4.84. The largest absolute Gasteiger partial charge is 0.493 e. The van der Waals surface area contributed by atoms with E-state index in [-0.39, 0.29) is 10.8 Å². The van der Waals surface area contributed by atoms with Gasteiger partial charge in [0.2, 0.25) is 0 Å². The van der Waals surface area contributed by atoms with Crippen LogP contribution in [0.5, 0.6) is 11.5 Å². The number of esters is 1. The minimum atomic E-state index is -3.27. The molecular weight excluding hydrogens is 442 g/mol. The number of carbonyl (C=O) groups excluding carboxylic acids is 2. The number of nitrogens with zero attached hydrogens (tertiary/aromatic N) is 1. The Morgan fingerprint density at radius 2 is 1.87 bits per heavy atom. The molecule has 0 unspecified atom stereocenters. The molecule has 0 fully saturated rings. The Bertz CT molecular complexity index is 1010. The van der Waals surface area contributed by atoms with Crippen molar-refractivity contribution in [2.75, 3.05) is 19.0 Å². The van der Waals surface area contributed by atoms with Crippen molar-refractivity contribution in [3.63, 3.8) is 0 Å². The number of benzene rings is 2. The Labute approximate surface area is 180 Å². The molecule has 0 aliphatic heterocycles. The molecule has 31 heavy (non-hydrogen) atoms. The summed E-state index contributed by atoms with van der Waals surface area (Å²) >= 11 is 6.10. The van der Waals surface area contributed by atoms with E-state index in [4.69, 9.17) is 21.1 Å². The van der Waals surface area contributed by atoms with Gasteiger partial charge >= 0.3 is 12.6 Å². The normalized spacial score (nSPS) is 10.5.